The third kappa shape index (κ3) is 4.61. The van der Waals surface area contributed by atoms with E-state index < -0.39 is 0 Å². The molecule has 2 rings (SSSR count). The Balaban J connectivity index is 1.62. The second-order valence-corrected chi connectivity index (χ2v) is 6.77. The first-order valence-electron chi connectivity index (χ1n) is 8.19. The Morgan fingerprint density at radius 1 is 1.36 bits per heavy atom. The van der Waals surface area contributed by atoms with Gasteiger partial charge in [0.05, 0.1) is 0 Å². The van der Waals surface area contributed by atoms with Gasteiger partial charge in [-0.3, -0.25) is 4.79 Å². The van der Waals surface area contributed by atoms with Crippen LogP contribution in [-0.4, -0.2) is 23.2 Å². The summed E-state index contributed by atoms with van der Waals surface area (Å²) in [5.74, 6) is 0. The van der Waals surface area contributed by atoms with Gasteiger partial charge in [0.15, 0.2) is 0 Å². The van der Waals surface area contributed by atoms with Gasteiger partial charge in [-0.1, -0.05) is 26.3 Å². The van der Waals surface area contributed by atoms with E-state index in [0.717, 1.165) is 19.3 Å². The van der Waals surface area contributed by atoms with Crippen molar-refractivity contribution >= 4 is 6.03 Å². The summed E-state index contributed by atoms with van der Waals surface area (Å²) in [4.78, 5) is 23.4. The molecule has 2 amide bonds. The molecule has 0 aliphatic heterocycles. The number of amides is 2. The number of carbonyl (C=O) groups excluding carboxylic acids is 1. The molecule has 1 unspecified atom stereocenters. The molecule has 1 aromatic rings. The predicted octanol–water partition coefficient (Wildman–Crippen LogP) is 2.51. The molecule has 0 spiro atoms. The minimum atomic E-state index is -0.0724. The molecule has 1 saturated carbocycles. The smallest absolute Gasteiger partial charge is 0.315 e. The van der Waals surface area contributed by atoms with Crippen LogP contribution < -0.4 is 16.2 Å². The van der Waals surface area contributed by atoms with Gasteiger partial charge in [0, 0.05) is 31.4 Å². The number of hydrogen-bond acceptors (Lipinski definition) is 2. The van der Waals surface area contributed by atoms with Crippen molar-refractivity contribution in [2.45, 2.75) is 58.5 Å². The summed E-state index contributed by atoms with van der Waals surface area (Å²) in [6.45, 7) is 5.75. The molecule has 5 heteroatoms. The summed E-state index contributed by atoms with van der Waals surface area (Å²) in [5.41, 5.74) is 0.225. The molecule has 22 heavy (non-hydrogen) atoms. The average molecular weight is 305 g/mol. The van der Waals surface area contributed by atoms with Crippen molar-refractivity contribution in [2.75, 3.05) is 6.54 Å². The van der Waals surface area contributed by atoms with Crippen LogP contribution in [0.15, 0.2) is 29.2 Å². The number of carbonyl (C=O) groups is 1. The highest BCUT2D eigenvalue weighted by atomic mass is 16.2. The van der Waals surface area contributed by atoms with Crippen molar-refractivity contribution in [1.29, 1.82) is 0 Å². The van der Waals surface area contributed by atoms with Crippen molar-refractivity contribution < 1.29 is 4.79 Å². The lowest BCUT2D eigenvalue weighted by Gasteiger charge is -2.27. The van der Waals surface area contributed by atoms with Crippen molar-refractivity contribution in [2.24, 2.45) is 5.41 Å². The third-order valence-electron chi connectivity index (χ3n) is 4.57. The first kappa shape index (κ1) is 16.6. The molecule has 0 radical (unpaired) electrons. The zero-order valence-corrected chi connectivity index (χ0v) is 13.6. The quantitative estimate of drug-likeness (QED) is 0.793. The van der Waals surface area contributed by atoms with Gasteiger partial charge in [0.1, 0.15) is 0 Å². The van der Waals surface area contributed by atoms with E-state index in [-0.39, 0.29) is 23.0 Å². The highest BCUT2D eigenvalue weighted by Crippen LogP contribution is 2.36. The van der Waals surface area contributed by atoms with Gasteiger partial charge in [0.25, 0.3) is 0 Å². The maximum Gasteiger partial charge on any atom is 0.315 e. The van der Waals surface area contributed by atoms with Gasteiger partial charge in [-0.05, 0) is 37.2 Å². The van der Waals surface area contributed by atoms with E-state index in [1.807, 2.05) is 6.07 Å². The molecule has 1 aromatic heterocycles. The molecule has 2 N–H and O–H groups in total. The minimum Gasteiger partial charge on any atom is -0.338 e. The molecule has 0 bridgehead atoms. The molecular weight excluding hydrogens is 278 g/mol. The number of nitrogens with zero attached hydrogens (tertiary/aromatic N) is 1. The van der Waals surface area contributed by atoms with Crippen molar-refractivity contribution in [3.63, 3.8) is 0 Å². The molecule has 1 fully saturated rings. The van der Waals surface area contributed by atoms with E-state index in [0.29, 0.717) is 13.1 Å². The molecule has 1 heterocycles. The van der Waals surface area contributed by atoms with E-state index in [4.69, 9.17) is 0 Å². The van der Waals surface area contributed by atoms with Crippen LogP contribution in [0.3, 0.4) is 0 Å². The molecule has 1 aliphatic carbocycles. The van der Waals surface area contributed by atoms with E-state index in [9.17, 15) is 9.59 Å². The molecule has 1 aliphatic rings. The van der Waals surface area contributed by atoms with Gasteiger partial charge >= 0.3 is 6.03 Å². The van der Waals surface area contributed by atoms with Crippen LogP contribution in [0, 0.1) is 5.41 Å². The molecule has 122 valence electrons. The Kier molecular flexibility index (Phi) is 5.63. The molecular formula is C17H27N3O2. The number of aromatic nitrogens is 1. The lowest BCUT2D eigenvalue weighted by atomic mass is 9.87. The van der Waals surface area contributed by atoms with Gasteiger partial charge in [-0.2, -0.15) is 0 Å². The van der Waals surface area contributed by atoms with Gasteiger partial charge in [-0.15, -0.1) is 0 Å². The van der Waals surface area contributed by atoms with Gasteiger partial charge in [0.2, 0.25) is 5.56 Å². The summed E-state index contributed by atoms with van der Waals surface area (Å²) in [7, 11) is 0. The molecule has 0 aromatic carbocycles. The highest BCUT2D eigenvalue weighted by molar-refractivity contribution is 5.74. The second-order valence-electron chi connectivity index (χ2n) is 6.77. The maximum absolute atomic E-state index is 11.9. The highest BCUT2D eigenvalue weighted by Gasteiger charge is 2.35. The second kappa shape index (κ2) is 7.47. The first-order chi connectivity index (χ1) is 10.5. The Labute approximate surface area is 132 Å². The summed E-state index contributed by atoms with van der Waals surface area (Å²) in [5, 5.41) is 5.99. The van der Waals surface area contributed by atoms with Crippen LogP contribution in [-0.2, 0) is 6.54 Å². The normalized spacial score (nSPS) is 19.8. The fourth-order valence-electron chi connectivity index (χ4n) is 3.06. The van der Waals surface area contributed by atoms with E-state index in [2.05, 4.69) is 24.5 Å². The first-order valence-corrected chi connectivity index (χ1v) is 8.19. The summed E-state index contributed by atoms with van der Waals surface area (Å²) in [6, 6.07) is 5.37. The van der Waals surface area contributed by atoms with Gasteiger partial charge < -0.3 is 15.2 Å². The molecule has 1 atom stereocenters. The van der Waals surface area contributed by atoms with Crippen molar-refractivity contribution in [3.05, 3.63) is 34.7 Å². The Bertz CT molecular complexity index is 551. The van der Waals surface area contributed by atoms with Crippen LogP contribution in [0.1, 0.15) is 46.0 Å². The number of hydrogen-bond donors (Lipinski definition) is 2. The van der Waals surface area contributed by atoms with E-state index in [1.165, 1.54) is 12.8 Å². The Morgan fingerprint density at radius 3 is 2.86 bits per heavy atom. The number of unbranched alkanes of at least 4 members (excludes halogenated alkanes) is 1. The number of pyridine rings is 1. The fourth-order valence-corrected chi connectivity index (χ4v) is 3.06. The van der Waals surface area contributed by atoms with E-state index in [1.54, 1.807) is 22.9 Å². The van der Waals surface area contributed by atoms with Crippen molar-refractivity contribution in [3.8, 4) is 0 Å². The van der Waals surface area contributed by atoms with Crippen LogP contribution in [0.2, 0.25) is 0 Å². The Hall–Kier alpha value is -1.78. The largest absolute Gasteiger partial charge is 0.338 e. The molecule has 5 nitrogen and oxygen atoms in total. The third-order valence-corrected chi connectivity index (χ3v) is 4.57. The van der Waals surface area contributed by atoms with Crippen molar-refractivity contribution in [1.82, 2.24) is 15.2 Å². The minimum absolute atomic E-state index is 0.0247. The number of rotatable bonds is 6. The van der Waals surface area contributed by atoms with Gasteiger partial charge in [-0.25, -0.2) is 4.79 Å². The lowest BCUT2D eigenvalue weighted by molar-refractivity contribution is 0.222. The number of urea groups is 1. The summed E-state index contributed by atoms with van der Waals surface area (Å²) < 4.78 is 1.70. The average Bonchev–Trinajstić information content (AvgIpc) is 2.79. The van der Waals surface area contributed by atoms with Crippen LogP contribution >= 0.6 is 0 Å². The van der Waals surface area contributed by atoms with Crippen LogP contribution in [0.4, 0.5) is 4.79 Å². The number of aryl methyl sites for hydroxylation is 1. The standard InChI is InChI=1S/C17H27N3O2/c1-17(2)10-7-8-14(17)19-16(22)18-11-4-6-13-20-12-5-3-9-15(20)21/h3,5,9,12,14H,4,6-8,10-11,13H2,1-2H3,(H2,18,19,22). The van der Waals surface area contributed by atoms with Crippen LogP contribution in [0.25, 0.3) is 0 Å². The topological polar surface area (TPSA) is 63.1 Å². The monoisotopic (exact) mass is 305 g/mol. The predicted molar refractivity (Wildman–Crippen MR) is 87.9 cm³/mol. The zero-order valence-electron chi connectivity index (χ0n) is 13.6. The SMILES string of the molecule is CC1(C)CCCC1NC(=O)NCCCCn1ccccc1=O. The van der Waals surface area contributed by atoms with Crippen LogP contribution in [0.5, 0.6) is 0 Å². The maximum atomic E-state index is 11.9. The van der Waals surface area contributed by atoms with E-state index >= 15 is 0 Å². The zero-order chi connectivity index (χ0) is 16.0. The molecule has 0 saturated heterocycles. The number of nitrogens with one attached hydrogen (secondary N) is 2. The fraction of sp³-hybridized carbons (Fsp3) is 0.647. The summed E-state index contributed by atoms with van der Waals surface area (Å²) in [6.07, 6.45) is 6.96. The summed E-state index contributed by atoms with van der Waals surface area (Å²) >= 11 is 0. The lowest BCUT2D eigenvalue weighted by Crippen LogP contribution is -2.46. The Morgan fingerprint density at radius 2 is 2.18 bits per heavy atom.